The van der Waals surface area contributed by atoms with Crippen LogP contribution in [0.2, 0.25) is 10.0 Å². The van der Waals surface area contributed by atoms with E-state index in [1.54, 1.807) is 0 Å². The van der Waals surface area contributed by atoms with Crippen LogP contribution in [0, 0.1) is 11.3 Å². The van der Waals surface area contributed by atoms with E-state index >= 15 is 0 Å². The summed E-state index contributed by atoms with van der Waals surface area (Å²) in [6.45, 7) is 0. The summed E-state index contributed by atoms with van der Waals surface area (Å²) in [6, 6.07) is 3.18. The summed E-state index contributed by atoms with van der Waals surface area (Å²) < 4.78 is 42.3. The molecule has 4 rings (SSSR count). The second-order valence-corrected chi connectivity index (χ2v) is 7.20. The molecule has 0 aromatic carbocycles. The lowest BCUT2D eigenvalue weighted by molar-refractivity contribution is -0.144. The van der Waals surface area contributed by atoms with Crippen molar-refractivity contribution in [2.24, 2.45) is 0 Å². The topological polar surface area (TPSA) is 130 Å². The molecule has 0 aliphatic carbocycles. The van der Waals surface area contributed by atoms with Crippen LogP contribution < -0.4 is 5.32 Å². The lowest BCUT2D eigenvalue weighted by Gasteiger charge is -2.18. The van der Waals surface area contributed by atoms with Gasteiger partial charge >= 0.3 is 6.18 Å². The van der Waals surface area contributed by atoms with Crippen molar-refractivity contribution >= 4 is 28.9 Å². The SMILES string of the molecule is N#Cc1cc(NC(O)c2cnn(-c3c(Cl)cncc3Cl)c2C(F)(F)F)cnc1-n1nccn1. The number of rotatable bonds is 5. The van der Waals surface area contributed by atoms with Crippen LogP contribution in [0.5, 0.6) is 0 Å². The maximum absolute atomic E-state index is 13.9. The number of aromatic nitrogens is 7. The maximum Gasteiger partial charge on any atom is 0.433 e. The Hall–Kier alpha value is -3.73. The van der Waals surface area contributed by atoms with Gasteiger partial charge in [-0.15, -0.1) is 4.80 Å². The van der Waals surface area contributed by atoms with Crippen LogP contribution in [0.25, 0.3) is 11.5 Å². The first-order chi connectivity index (χ1) is 15.7. The monoisotopic (exact) mass is 495 g/mol. The van der Waals surface area contributed by atoms with Crippen LogP contribution in [-0.2, 0) is 6.18 Å². The van der Waals surface area contributed by atoms with Crippen LogP contribution in [0.1, 0.15) is 23.0 Å². The number of anilines is 1. The fraction of sp³-hybridized carbons (Fsp3) is 0.111. The van der Waals surface area contributed by atoms with E-state index in [1.165, 1.54) is 24.7 Å². The molecule has 2 N–H and O–H groups in total. The number of pyridine rings is 2. The number of aliphatic hydroxyl groups is 1. The summed E-state index contributed by atoms with van der Waals surface area (Å²) in [4.78, 5) is 8.86. The molecule has 10 nitrogen and oxygen atoms in total. The largest absolute Gasteiger partial charge is 0.433 e. The minimum Gasteiger partial charge on any atom is -0.369 e. The Morgan fingerprint density at radius 3 is 2.33 bits per heavy atom. The average molecular weight is 496 g/mol. The highest BCUT2D eigenvalue weighted by atomic mass is 35.5. The van der Waals surface area contributed by atoms with Crippen molar-refractivity contribution in [1.82, 2.24) is 34.7 Å². The van der Waals surface area contributed by atoms with E-state index in [0.717, 1.165) is 23.4 Å². The standard InChI is InChI=1S/C18H10Cl2F3N9O/c19-12-7-25-8-13(20)14(12)31-15(18(21,22)23)11(6-29-31)17(33)30-10-3-9(4-24)16(26-5-10)32-27-1-2-28-32/h1-3,5-8,17,30,33H. The Kier molecular flexibility index (Phi) is 5.90. The van der Waals surface area contributed by atoms with Crippen molar-refractivity contribution in [2.45, 2.75) is 12.4 Å². The second-order valence-electron chi connectivity index (χ2n) is 6.38. The van der Waals surface area contributed by atoms with Gasteiger partial charge in [0.2, 0.25) is 0 Å². The third kappa shape index (κ3) is 4.31. The molecule has 0 saturated heterocycles. The fourth-order valence-electron chi connectivity index (χ4n) is 2.96. The molecule has 15 heteroatoms. The second kappa shape index (κ2) is 8.66. The number of nitrogens with one attached hydrogen (secondary N) is 1. The molecule has 0 radical (unpaired) electrons. The van der Waals surface area contributed by atoms with Crippen molar-refractivity contribution in [3.63, 3.8) is 0 Å². The molecular formula is C18H10Cl2F3N9O. The van der Waals surface area contributed by atoms with Gasteiger partial charge in [-0.25, -0.2) is 9.67 Å². The van der Waals surface area contributed by atoms with E-state index in [9.17, 15) is 23.5 Å². The average Bonchev–Trinajstić information content (AvgIpc) is 3.43. The number of halogens is 5. The molecule has 0 bridgehead atoms. The molecule has 33 heavy (non-hydrogen) atoms. The molecule has 1 atom stereocenters. The number of nitriles is 1. The molecule has 1 unspecified atom stereocenters. The van der Waals surface area contributed by atoms with E-state index in [1.807, 2.05) is 6.07 Å². The summed E-state index contributed by atoms with van der Waals surface area (Å²) in [5.41, 5.74) is -2.07. The van der Waals surface area contributed by atoms with Crippen LogP contribution in [0.3, 0.4) is 0 Å². The molecule has 168 valence electrons. The van der Waals surface area contributed by atoms with Crippen LogP contribution in [0.4, 0.5) is 18.9 Å². The van der Waals surface area contributed by atoms with Crippen molar-refractivity contribution in [3.05, 3.63) is 70.1 Å². The minimum atomic E-state index is -4.93. The number of alkyl halides is 3. The predicted octanol–water partition coefficient (Wildman–Crippen LogP) is 3.54. The first-order valence-electron chi connectivity index (χ1n) is 8.86. The number of hydrogen-bond donors (Lipinski definition) is 2. The molecule has 4 aromatic rings. The minimum absolute atomic E-state index is 0.0190. The summed E-state index contributed by atoms with van der Waals surface area (Å²) in [7, 11) is 0. The Balaban J connectivity index is 1.72. The molecule has 0 fully saturated rings. The Morgan fingerprint density at radius 1 is 1.06 bits per heavy atom. The predicted molar refractivity (Wildman–Crippen MR) is 109 cm³/mol. The summed E-state index contributed by atoms with van der Waals surface area (Å²) in [6.07, 6.45) is 0.221. The summed E-state index contributed by atoms with van der Waals surface area (Å²) in [5, 5.41) is 33.6. The van der Waals surface area contributed by atoms with Gasteiger partial charge in [0, 0.05) is 12.4 Å². The van der Waals surface area contributed by atoms with Gasteiger partial charge in [-0.2, -0.15) is 33.7 Å². The van der Waals surface area contributed by atoms with Gasteiger partial charge in [-0.3, -0.25) is 4.98 Å². The zero-order chi connectivity index (χ0) is 23.8. The van der Waals surface area contributed by atoms with Gasteiger partial charge < -0.3 is 10.4 Å². The van der Waals surface area contributed by atoms with E-state index in [4.69, 9.17) is 23.2 Å². The van der Waals surface area contributed by atoms with Crippen molar-refractivity contribution in [1.29, 1.82) is 5.26 Å². The molecule has 0 aliphatic rings. The molecule has 0 aliphatic heterocycles. The van der Waals surface area contributed by atoms with Gasteiger partial charge in [0.1, 0.15) is 17.3 Å². The Bertz CT molecular complexity index is 1330. The zero-order valence-corrected chi connectivity index (χ0v) is 17.5. The molecular weight excluding hydrogens is 486 g/mol. The highest BCUT2D eigenvalue weighted by Gasteiger charge is 2.41. The normalized spacial score (nSPS) is 12.4. The van der Waals surface area contributed by atoms with Crippen LogP contribution in [0.15, 0.2) is 43.2 Å². The third-order valence-corrected chi connectivity index (χ3v) is 4.85. The highest BCUT2D eigenvalue weighted by molar-refractivity contribution is 6.37. The van der Waals surface area contributed by atoms with Crippen molar-refractivity contribution in [2.75, 3.05) is 5.32 Å². The smallest absolute Gasteiger partial charge is 0.369 e. The lowest BCUT2D eigenvalue weighted by Crippen LogP contribution is -2.20. The first-order valence-corrected chi connectivity index (χ1v) is 9.62. The van der Waals surface area contributed by atoms with E-state index in [2.05, 4.69) is 30.6 Å². The first kappa shape index (κ1) is 22.5. The molecule has 0 amide bonds. The maximum atomic E-state index is 13.9. The van der Waals surface area contributed by atoms with Gasteiger partial charge in [0.25, 0.3) is 0 Å². The van der Waals surface area contributed by atoms with E-state index in [0.29, 0.717) is 4.68 Å². The van der Waals surface area contributed by atoms with E-state index < -0.39 is 23.7 Å². The van der Waals surface area contributed by atoms with Gasteiger partial charge in [0.15, 0.2) is 17.7 Å². The molecule has 0 spiro atoms. The third-order valence-electron chi connectivity index (χ3n) is 4.30. The van der Waals surface area contributed by atoms with Gasteiger partial charge in [-0.1, -0.05) is 23.2 Å². The van der Waals surface area contributed by atoms with Gasteiger partial charge in [0.05, 0.1) is 46.1 Å². The number of hydrogen-bond acceptors (Lipinski definition) is 8. The van der Waals surface area contributed by atoms with Crippen molar-refractivity contribution < 1.29 is 18.3 Å². The van der Waals surface area contributed by atoms with Crippen LogP contribution in [-0.4, -0.2) is 39.8 Å². The van der Waals surface area contributed by atoms with Gasteiger partial charge in [-0.05, 0) is 6.07 Å². The zero-order valence-electron chi connectivity index (χ0n) is 16.0. The Morgan fingerprint density at radius 2 is 1.73 bits per heavy atom. The highest BCUT2D eigenvalue weighted by Crippen LogP contribution is 2.39. The quantitative estimate of drug-likeness (QED) is 0.402. The number of nitrogens with zero attached hydrogens (tertiary/aromatic N) is 8. The summed E-state index contributed by atoms with van der Waals surface area (Å²) >= 11 is 12.0. The fourth-order valence-corrected chi connectivity index (χ4v) is 3.48. The number of aliphatic hydroxyl groups excluding tert-OH is 1. The van der Waals surface area contributed by atoms with Crippen LogP contribution >= 0.6 is 23.2 Å². The molecule has 4 aromatic heterocycles. The Labute approximate surface area is 192 Å². The molecule has 0 saturated carbocycles. The molecule has 4 heterocycles. The summed E-state index contributed by atoms with van der Waals surface area (Å²) in [5.74, 6) is 0.105. The van der Waals surface area contributed by atoms with Crippen molar-refractivity contribution in [3.8, 4) is 17.6 Å². The lowest BCUT2D eigenvalue weighted by atomic mass is 10.2. The van der Waals surface area contributed by atoms with E-state index in [-0.39, 0.29) is 32.8 Å².